The van der Waals surface area contributed by atoms with E-state index in [0.717, 1.165) is 0 Å². The van der Waals surface area contributed by atoms with E-state index in [2.05, 4.69) is 5.32 Å². The van der Waals surface area contributed by atoms with E-state index in [-0.39, 0.29) is 12.2 Å². The number of nitrogens with one attached hydrogen (secondary N) is 1. The lowest BCUT2D eigenvalue weighted by Gasteiger charge is -2.10. The first-order valence-electron chi connectivity index (χ1n) is 5.60. The largest absolute Gasteiger partial charge is 0.480 e. The lowest BCUT2D eigenvalue weighted by molar-refractivity contribution is -0.136. The number of carbonyl (C=O) groups excluding carboxylic acids is 1. The zero-order valence-corrected chi connectivity index (χ0v) is 11.8. The van der Waals surface area contributed by atoms with Crippen molar-refractivity contribution < 1.29 is 18.9 Å². The van der Waals surface area contributed by atoms with Crippen LogP contribution in [0.2, 0.25) is 5.02 Å². The Bertz CT molecular complexity index is 506. The van der Waals surface area contributed by atoms with Gasteiger partial charge in [0.05, 0.1) is 10.7 Å². The average Bonchev–Trinajstić information content (AvgIpc) is 2.32. The summed E-state index contributed by atoms with van der Waals surface area (Å²) in [4.78, 5) is 22.5. The Morgan fingerprint density at radius 1 is 1.42 bits per heavy atom. The number of benzene rings is 1. The highest BCUT2D eigenvalue weighted by Gasteiger charge is 2.24. The maximum atomic E-state index is 11.7. The second kappa shape index (κ2) is 7.25. The molecule has 19 heavy (non-hydrogen) atoms. The molecule has 2 atom stereocenters. The standard InChI is InChI=1S/C12H14ClNO4S/c1-2-10(12(16)17)19(18)7-11(15)14-9-6-4-3-5-8(9)13/h3-6,10H,2,7H2,1H3,(H,14,15)(H,16,17). The SMILES string of the molecule is CCC(C(=O)O)S(=O)CC(=O)Nc1ccccc1Cl. The molecule has 0 aliphatic heterocycles. The van der Waals surface area contributed by atoms with Crippen molar-refractivity contribution in [2.24, 2.45) is 0 Å². The Balaban J connectivity index is 2.63. The van der Waals surface area contributed by atoms with Crippen LogP contribution in [0.4, 0.5) is 5.69 Å². The van der Waals surface area contributed by atoms with Crippen molar-refractivity contribution in [1.82, 2.24) is 0 Å². The Hall–Kier alpha value is -1.40. The molecule has 0 spiro atoms. The minimum atomic E-state index is -1.75. The fourth-order valence-corrected chi connectivity index (χ4v) is 2.76. The second-order valence-electron chi connectivity index (χ2n) is 3.79. The molecule has 0 aliphatic carbocycles. The summed E-state index contributed by atoms with van der Waals surface area (Å²) in [5, 5.41) is 10.7. The number of aliphatic carboxylic acids is 1. The van der Waals surface area contributed by atoms with Crippen molar-refractivity contribution in [2.75, 3.05) is 11.1 Å². The number of carboxylic acid groups (broad SMARTS) is 1. The molecule has 2 unspecified atom stereocenters. The molecule has 5 nitrogen and oxygen atoms in total. The van der Waals surface area contributed by atoms with Gasteiger partial charge in [0.1, 0.15) is 11.0 Å². The first-order valence-corrected chi connectivity index (χ1v) is 7.36. The van der Waals surface area contributed by atoms with Gasteiger partial charge < -0.3 is 10.4 Å². The number of anilines is 1. The van der Waals surface area contributed by atoms with E-state index < -0.39 is 27.9 Å². The predicted molar refractivity (Wildman–Crippen MR) is 74.8 cm³/mol. The quantitative estimate of drug-likeness (QED) is 0.840. The number of carboxylic acids is 1. The normalized spacial score (nSPS) is 13.6. The summed E-state index contributed by atoms with van der Waals surface area (Å²) >= 11 is 5.86. The number of rotatable bonds is 6. The third-order valence-corrected chi connectivity index (χ3v) is 4.43. The lowest BCUT2D eigenvalue weighted by Crippen LogP contribution is -2.31. The Labute approximate surface area is 118 Å². The third-order valence-electron chi connectivity index (χ3n) is 2.38. The molecule has 0 aromatic heterocycles. The molecule has 1 amide bonds. The molecule has 104 valence electrons. The van der Waals surface area contributed by atoms with Crippen molar-refractivity contribution in [3.05, 3.63) is 29.3 Å². The first kappa shape index (κ1) is 15.7. The molecule has 0 radical (unpaired) electrons. The summed E-state index contributed by atoms with van der Waals surface area (Å²) in [5.41, 5.74) is 0.412. The summed E-state index contributed by atoms with van der Waals surface area (Å²) < 4.78 is 11.7. The monoisotopic (exact) mass is 303 g/mol. The fourth-order valence-electron chi connectivity index (χ4n) is 1.45. The van der Waals surface area contributed by atoms with Crippen LogP contribution in [0.3, 0.4) is 0 Å². The van der Waals surface area contributed by atoms with Crippen LogP contribution < -0.4 is 5.32 Å². The molecule has 0 saturated carbocycles. The maximum Gasteiger partial charge on any atom is 0.319 e. The van der Waals surface area contributed by atoms with Gasteiger partial charge in [-0.25, -0.2) is 0 Å². The molecular formula is C12H14ClNO4S. The van der Waals surface area contributed by atoms with Crippen molar-refractivity contribution >= 4 is 40.0 Å². The van der Waals surface area contributed by atoms with Gasteiger partial charge in [-0.05, 0) is 18.6 Å². The number of halogens is 1. The van der Waals surface area contributed by atoms with Gasteiger partial charge >= 0.3 is 5.97 Å². The minimum Gasteiger partial charge on any atom is -0.480 e. The van der Waals surface area contributed by atoms with Gasteiger partial charge in [-0.1, -0.05) is 30.7 Å². The molecule has 1 rings (SSSR count). The van der Waals surface area contributed by atoms with Crippen molar-refractivity contribution in [1.29, 1.82) is 0 Å². The summed E-state index contributed by atoms with van der Waals surface area (Å²) in [6.45, 7) is 1.61. The van der Waals surface area contributed by atoms with E-state index in [4.69, 9.17) is 16.7 Å². The van der Waals surface area contributed by atoms with Gasteiger partial charge in [0.2, 0.25) is 5.91 Å². The molecule has 1 aromatic rings. The molecule has 7 heteroatoms. The van der Waals surface area contributed by atoms with E-state index >= 15 is 0 Å². The van der Waals surface area contributed by atoms with E-state index in [1.807, 2.05) is 0 Å². The van der Waals surface area contributed by atoms with Crippen molar-refractivity contribution in [2.45, 2.75) is 18.6 Å². The third kappa shape index (κ3) is 4.65. The van der Waals surface area contributed by atoms with Gasteiger partial charge in [0, 0.05) is 10.8 Å². The first-order chi connectivity index (χ1) is 8.95. The van der Waals surface area contributed by atoms with Crippen LogP contribution in [-0.2, 0) is 20.4 Å². The Kier molecular flexibility index (Phi) is 5.98. The van der Waals surface area contributed by atoms with Gasteiger partial charge in [0.15, 0.2) is 0 Å². The van der Waals surface area contributed by atoms with Gasteiger partial charge in [-0.3, -0.25) is 13.8 Å². The van der Waals surface area contributed by atoms with Crippen LogP contribution in [0.15, 0.2) is 24.3 Å². The van der Waals surface area contributed by atoms with Crippen molar-refractivity contribution in [3.63, 3.8) is 0 Å². The van der Waals surface area contributed by atoms with Crippen LogP contribution in [0.5, 0.6) is 0 Å². The fraction of sp³-hybridized carbons (Fsp3) is 0.333. The van der Waals surface area contributed by atoms with Crippen LogP contribution >= 0.6 is 11.6 Å². The molecule has 0 saturated heterocycles. The molecule has 0 bridgehead atoms. The molecule has 0 heterocycles. The summed E-state index contributed by atoms with van der Waals surface area (Å²) in [6, 6.07) is 6.64. The van der Waals surface area contributed by atoms with E-state index in [9.17, 15) is 13.8 Å². The van der Waals surface area contributed by atoms with E-state index in [1.54, 1.807) is 31.2 Å². The Morgan fingerprint density at radius 3 is 2.58 bits per heavy atom. The molecular weight excluding hydrogens is 290 g/mol. The molecule has 0 fully saturated rings. The molecule has 0 aliphatic rings. The van der Waals surface area contributed by atoms with Gasteiger partial charge in [0.25, 0.3) is 0 Å². The molecule has 1 aromatic carbocycles. The van der Waals surface area contributed by atoms with Gasteiger partial charge in [-0.2, -0.15) is 0 Å². The predicted octanol–water partition coefficient (Wildman–Crippen LogP) is 1.89. The van der Waals surface area contributed by atoms with Gasteiger partial charge in [-0.15, -0.1) is 0 Å². The Morgan fingerprint density at radius 2 is 2.05 bits per heavy atom. The second-order valence-corrected chi connectivity index (χ2v) is 5.81. The van der Waals surface area contributed by atoms with Crippen LogP contribution in [0, 0.1) is 0 Å². The molecule has 2 N–H and O–H groups in total. The van der Waals surface area contributed by atoms with E-state index in [1.165, 1.54) is 0 Å². The highest BCUT2D eigenvalue weighted by atomic mass is 35.5. The highest BCUT2D eigenvalue weighted by Crippen LogP contribution is 2.20. The lowest BCUT2D eigenvalue weighted by atomic mass is 10.3. The highest BCUT2D eigenvalue weighted by molar-refractivity contribution is 7.87. The summed E-state index contributed by atoms with van der Waals surface area (Å²) in [7, 11) is -1.75. The number of hydrogen-bond donors (Lipinski definition) is 2. The number of amides is 1. The zero-order chi connectivity index (χ0) is 14.4. The number of carbonyl (C=O) groups is 2. The topological polar surface area (TPSA) is 83.5 Å². The van der Waals surface area contributed by atoms with Crippen LogP contribution in [0.1, 0.15) is 13.3 Å². The number of hydrogen-bond acceptors (Lipinski definition) is 3. The summed E-state index contributed by atoms with van der Waals surface area (Å²) in [5.74, 6) is -2.05. The van der Waals surface area contributed by atoms with E-state index in [0.29, 0.717) is 10.7 Å². The maximum absolute atomic E-state index is 11.7. The smallest absolute Gasteiger partial charge is 0.319 e. The average molecular weight is 304 g/mol. The zero-order valence-electron chi connectivity index (χ0n) is 10.3. The van der Waals surface area contributed by atoms with Crippen LogP contribution in [-0.4, -0.2) is 32.2 Å². The van der Waals surface area contributed by atoms with Crippen molar-refractivity contribution in [3.8, 4) is 0 Å². The summed E-state index contributed by atoms with van der Waals surface area (Å²) in [6.07, 6.45) is 0.210. The number of para-hydroxylation sites is 1. The van der Waals surface area contributed by atoms with Crippen LogP contribution in [0.25, 0.3) is 0 Å². The minimum absolute atomic E-state index is 0.210.